The number of fused-ring (bicyclic) bond motifs is 3. The van der Waals surface area contributed by atoms with Crippen LogP contribution in [0.4, 0.5) is 13.6 Å². The van der Waals surface area contributed by atoms with Crippen molar-refractivity contribution in [1.82, 2.24) is 5.32 Å². The zero-order valence-corrected chi connectivity index (χ0v) is 13.0. The van der Waals surface area contributed by atoms with E-state index in [0.29, 0.717) is 6.08 Å². The average Bonchev–Trinajstić information content (AvgIpc) is 2.92. The summed E-state index contributed by atoms with van der Waals surface area (Å²) >= 11 is 0. The Kier molecular flexibility index (Phi) is 4.34. The normalized spacial score (nSPS) is 13.1. The standard InChI is InChI=1S/C19H17F2NO2/c1-2-19(20,21)12-22-18(23)24-11-17-15-9-5-3-7-13(15)14-8-4-6-10-16(14)17/h2-10,17H,1,11-12H2,(H,22,23). The van der Waals surface area contributed by atoms with Crippen LogP contribution in [-0.2, 0) is 4.74 Å². The number of halogens is 2. The third kappa shape index (κ3) is 3.15. The molecule has 0 unspecified atom stereocenters. The lowest BCUT2D eigenvalue weighted by Gasteiger charge is -2.16. The van der Waals surface area contributed by atoms with E-state index in [1.807, 2.05) is 48.5 Å². The SMILES string of the molecule is C=CC(F)(F)CNC(=O)OCC1c2ccccc2-c2ccccc21. The molecule has 0 aliphatic heterocycles. The van der Waals surface area contributed by atoms with Crippen LogP contribution in [0.1, 0.15) is 17.0 Å². The summed E-state index contributed by atoms with van der Waals surface area (Å²) in [5.74, 6) is -3.24. The van der Waals surface area contributed by atoms with E-state index in [0.717, 1.165) is 22.3 Å². The van der Waals surface area contributed by atoms with Crippen LogP contribution in [0.25, 0.3) is 11.1 Å². The molecule has 24 heavy (non-hydrogen) atoms. The molecule has 0 fully saturated rings. The predicted molar refractivity (Wildman–Crippen MR) is 88.2 cm³/mol. The molecular weight excluding hydrogens is 312 g/mol. The van der Waals surface area contributed by atoms with E-state index in [-0.39, 0.29) is 12.5 Å². The fraction of sp³-hybridized carbons (Fsp3) is 0.211. The van der Waals surface area contributed by atoms with E-state index in [9.17, 15) is 13.6 Å². The molecule has 1 amide bonds. The highest BCUT2D eigenvalue weighted by Gasteiger charge is 2.29. The molecule has 5 heteroatoms. The van der Waals surface area contributed by atoms with Crippen LogP contribution in [0, 0.1) is 0 Å². The van der Waals surface area contributed by atoms with Gasteiger partial charge in [-0.15, -0.1) is 0 Å². The van der Waals surface area contributed by atoms with E-state index in [1.165, 1.54) is 0 Å². The van der Waals surface area contributed by atoms with Crippen molar-refractivity contribution in [3.8, 4) is 11.1 Å². The zero-order valence-electron chi connectivity index (χ0n) is 13.0. The molecular formula is C19H17F2NO2. The van der Waals surface area contributed by atoms with Crippen LogP contribution >= 0.6 is 0 Å². The number of hydrogen-bond acceptors (Lipinski definition) is 2. The lowest BCUT2D eigenvalue weighted by Crippen LogP contribution is -2.36. The molecule has 0 heterocycles. The summed E-state index contributed by atoms with van der Waals surface area (Å²) in [6.07, 6.45) is -0.366. The van der Waals surface area contributed by atoms with Gasteiger partial charge in [-0.2, -0.15) is 0 Å². The molecule has 0 aromatic heterocycles. The first-order valence-corrected chi connectivity index (χ1v) is 7.62. The number of benzene rings is 2. The summed E-state index contributed by atoms with van der Waals surface area (Å²) in [6, 6.07) is 15.8. The molecule has 0 atom stereocenters. The highest BCUT2D eigenvalue weighted by molar-refractivity contribution is 5.79. The van der Waals surface area contributed by atoms with Crippen LogP contribution in [-0.4, -0.2) is 25.2 Å². The number of alkyl carbamates (subject to hydrolysis) is 1. The molecule has 1 aliphatic carbocycles. The summed E-state index contributed by atoms with van der Waals surface area (Å²) < 4.78 is 31.3. The molecule has 0 bridgehead atoms. The van der Waals surface area contributed by atoms with Crippen molar-refractivity contribution in [2.24, 2.45) is 0 Å². The van der Waals surface area contributed by atoms with Gasteiger partial charge in [-0.1, -0.05) is 55.1 Å². The Balaban J connectivity index is 1.70. The Bertz CT molecular complexity index is 728. The largest absolute Gasteiger partial charge is 0.449 e. The second-order valence-corrected chi connectivity index (χ2v) is 5.64. The lowest BCUT2D eigenvalue weighted by atomic mass is 9.98. The molecule has 0 saturated carbocycles. The summed E-state index contributed by atoms with van der Waals surface area (Å²) in [4.78, 5) is 11.7. The third-order valence-electron chi connectivity index (χ3n) is 4.11. The monoisotopic (exact) mass is 329 g/mol. The Labute approximate surface area is 139 Å². The summed E-state index contributed by atoms with van der Waals surface area (Å²) in [5, 5.41) is 2.06. The Morgan fingerprint density at radius 3 is 2.21 bits per heavy atom. The van der Waals surface area contributed by atoms with Gasteiger partial charge in [0.25, 0.3) is 5.92 Å². The Hall–Kier alpha value is -2.69. The maximum atomic E-state index is 13.1. The fourth-order valence-electron chi connectivity index (χ4n) is 2.91. The Morgan fingerprint density at radius 1 is 1.12 bits per heavy atom. The molecule has 0 saturated heterocycles. The summed E-state index contributed by atoms with van der Waals surface area (Å²) in [5.41, 5.74) is 4.37. The molecule has 3 nitrogen and oxygen atoms in total. The molecule has 124 valence electrons. The van der Waals surface area contributed by atoms with Gasteiger partial charge < -0.3 is 10.1 Å². The highest BCUT2D eigenvalue weighted by Crippen LogP contribution is 2.44. The quantitative estimate of drug-likeness (QED) is 0.829. The molecule has 2 aromatic rings. The van der Waals surface area contributed by atoms with Crippen LogP contribution in [0.3, 0.4) is 0 Å². The van der Waals surface area contributed by atoms with Crippen LogP contribution < -0.4 is 5.32 Å². The van der Waals surface area contributed by atoms with Crippen molar-refractivity contribution in [3.05, 3.63) is 72.3 Å². The number of hydrogen-bond donors (Lipinski definition) is 1. The van der Waals surface area contributed by atoms with Gasteiger partial charge in [-0.05, 0) is 28.3 Å². The molecule has 2 aromatic carbocycles. The van der Waals surface area contributed by atoms with Crippen molar-refractivity contribution in [1.29, 1.82) is 0 Å². The van der Waals surface area contributed by atoms with E-state index in [1.54, 1.807) is 0 Å². The molecule has 0 radical (unpaired) electrons. The second kappa shape index (κ2) is 6.43. The molecule has 1 aliphatic rings. The predicted octanol–water partition coefficient (Wildman–Crippen LogP) is 4.35. The minimum absolute atomic E-state index is 0.0944. The van der Waals surface area contributed by atoms with Gasteiger partial charge in [0, 0.05) is 5.92 Å². The molecule has 3 rings (SSSR count). The number of carbonyl (C=O) groups excluding carboxylic acids is 1. The van der Waals surface area contributed by atoms with Crippen molar-refractivity contribution >= 4 is 6.09 Å². The maximum Gasteiger partial charge on any atom is 0.407 e. The van der Waals surface area contributed by atoms with Gasteiger partial charge >= 0.3 is 6.09 Å². The van der Waals surface area contributed by atoms with Crippen molar-refractivity contribution in [2.75, 3.05) is 13.2 Å². The van der Waals surface area contributed by atoms with E-state index in [4.69, 9.17) is 4.74 Å². The minimum Gasteiger partial charge on any atom is -0.449 e. The second-order valence-electron chi connectivity index (χ2n) is 5.64. The maximum absolute atomic E-state index is 13.1. The number of ether oxygens (including phenoxy) is 1. The van der Waals surface area contributed by atoms with Crippen molar-refractivity contribution < 1.29 is 18.3 Å². The minimum atomic E-state index is -3.15. The third-order valence-corrected chi connectivity index (χ3v) is 4.11. The van der Waals surface area contributed by atoms with Crippen LogP contribution in [0.15, 0.2) is 61.2 Å². The fourth-order valence-corrected chi connectivity index (χ4v) is 2.91. The highest BCUT2D eigenvalue weighted by atomic mass is 19.3. The van der Waals surface area contributed by atoms with Gasteiger partial charge in [0.2, 0.25) is 0 Å². The molecule has 0 spiro atoms. The van der Waals surface area contributed by atoms with E-state index >= 15 is 0 Å². The Morgan fingerprint density at radius 2 is 1.67 bits per heavy atom. The van der Waals surface area contributed by atoms with Crippen LogP contribution in [0.5, 0.6) is 0 Å². The van der Waals surface area contributed by atoms with Crippen molar-refractivity contribution in [3.63, 3.8) is 0 Å². The topological polar surface area (TPSA) is 38.3 Å². The first-order chi connectivity index (χ1) is 11.5. The average molecular weight is 329 g/mol. The number of rotatable bonds is 5. The first-order valence-electron chi connectivity index (χ1n) is 7.62. The zero-order chi connectivity index (χ0) is 17.2. The molecule has 1 N–H and O–H groups in total. The number of nitrogens with one attached hydrogen (secondary N) is 1. The van der Waals surface area contributed by atoms with Gasteiger partial charge in [0.15, 0.2) is 0 Å². The summed E-state index contributed by atoms with van der Waals surface area (Å²) in [6.45, 7) is 2.30. The van der Waals surface area contributed by atoms with Crippen LogP contribution in [0.2, 0.25) is 0 Å². The summed E-state index contributed by atoms with van der Waals surface area (Å²) in [7, 11) is 0. The first kappa shape index (κ1) is 16.2. The van der Waals surface area contributed by atoms with E-state index < -0.39 is 18.6 Å². The van der Waals surface area contributed by atoms with Crippen molar-refractivity contribution in [2.45, 2.75) is 11.8 Å². The smallest absolute Gasteiger partial charge is 0.407 e. The van der Waals surface area contributed by atoms with Gasteiger partial charge in [0.05, 0.1) is 6.54 Å². The number of carbonyl (C=O) groups is 1. The number of amides is 1. The van der Waals surface area contributed by atoms with Gasteiger partial charge in [-0.25, -0.2) is 13.6 Å². The lowest BCUT2D eigenvalue weighted by molar-refractivity contribution is 0.0519. The number of alkyl halides is 2. The van der Waals surface area contributed by atoms with Gasteiger partial charge in [-0.3, -0.25) is 0 Å². The van der Waals surface area contributed by atoms with Gasteiger partial charge in [0.1, 0.15) is 6.61 Å². The van der Waals surface area contributed by atoms with E-state index in [2.05, 4.69) is 11.9 Å².